The molecule has 0 bridgehead atoms. The van der Waals surface area contributed by atoms with Crippen LogP contribution in [0.4, 0.5) is 0 Å². The number of hydrogen-bond donors (Lipinski definition) is 1. The van der Waals surface area contributed by atoms with Crippen LogP contribution in [0.5, 0.6) is 5.75 Å². The number of rotatable bonds is 7. The van der Waals surface area contributed by atoms with Crippen LogP contribution in [0.25, 0.3) is 0 Å². The van der Waals surface area contributed by atoms with E-state index in [4.69, 9.17) is 9.47 Å². The number of nitrogens with one attached hydrogen (secondary N) is 1. The zero-order chi connectivity index (χ0) is 18.6. The van der Waals surface area contributed by atoms with E-state index in [0.29, 0.717) is 28.3 Å². The summed E-state index contributed by atoms with van der Waals surface area (Å²) in [5.74, 6) is -0.268. The van der Waals surface area contributed by atoms with Crippen LogP contribution in [0.3, 0.4) is 0 Å². The number of esters is 1. The molecule has 0 aliphatic rings. The maximum Gasteiger partial charge on any atom is 0.310 e. The fourth-order valence-electron chi connectivity index (χ4n) is 2.74. The lowest BCUT2D eigenvalue weighted by Crippen LogP contribution is -2.16. The summed E-state index contributed by atoms with van der Waals surface area (Å²) in [5, 5.41) is 0. The Bertz CT molecular complexity index is 802. The molecule has 1 aromatic heterocycles. The first kappa shape index (κ1) is 18.4. The van der Waals surface area contributed by atoms with E-state index in [1.54, 1.807) is 45.2 Å². The number of aryl methyl sites for hydroxylation is 1. The normalized spacial score (nSPS) is 10.4. The summed E-state index contributed by atoms with van der Waals surface area (Å²) < 4.78 is 10.1. The number of carbonyl (C=O) groups excluding carboxylic acids is 3. The number of benzene rings is 1. The van der Waals surface area contributed by atoms with Gasteiger partial charge in [0.15, 0.2) is 12.4 Å². The van der Waals surface area contributed by atoms with Crippen molar-refractivity contribution in [3.05, 3.63) is 52.3 Å². The molecule has 6 nitrogen and oxygen atoms in total. The average molecular weight is 343 g/mol. The molecule has 132 valence electrons. The van der Waals surface area contributed by atoms with Crippen molar-refractivity contribution >= 4 is 17.5 Å². The van der Waals surface area contributed by atoms with Crippen LogP contribution in [0, 0.1) is 13.8 Å². The van der Waals surface area contributed by atoms with Crippen molar-refractivity contribution in [1.82, 2.24) is 4.98 Å². The van der Waals surface area contributed by atoms with Crippen LogP contribution in [0.15, 0.2) is 24.3 Å². The minimum atomic E-state index is -0.494. The van der Waals surface area contributed by atoms with Crippen molar-refractivity contribution in [2.24, 2.45) is 0 Å². The first-order valence-corrected chi connectivity index (χ1v) is 7.85. The van der Waals surface area contributed by atoms with E-state index in [9.17, 15) is 14.4 Å². The second-order valence-corrected chi connectivity index (χ2v) is 5.79. The van der Waals surface area contributed by atoms with E-state index in [2.05, 4.69) is 4.98 Å². The molecule has 2 rings (SSSR count). The topological polar surface area (TPSA) is 85.5 Å². The first-order valence-electron chi connectivity index (χ1n) is 7.85. The van der Waals surface area contributed by atoms with E-state index >= 15 is 0 Å². The Kier molecular flexibility index (Phi) is 5.75. The summed E-state index contributed by atoms with van der Waals surface area (Å²) >= 11 is 0. The molecule has 0 fully saturated rings. The largest absolute Gasteiger partial charge is 0.497 e. The number of ether oxygens (including phenoxy) is 2. The maximum absolute atomic E-state index is 12.3. The molecule has 0 spiro atoms. The van der Waals surface area contributed by atoms with Gasteiger partial charge in [-0.1, -0.05) is 12.1 Å². The molecule has 0 unspecified atom stereocenters. The second kappa shape index (κ2) is 7.79. The Labute approximate surface area is 146 Å². The molecular weight excluding hydrogens is 322 g/mol. The molecule has 0 atom stereocenters. The lowest BCUT2D eigenvalue weighted by atomic mass is 10.1. The highest BCUT2D eigenvalue weighted by Crippen LogP contribution is 2.19. The summed E-state index contributed by atoms with van der Waals surface area (Å²) in [6.45, 7) is 4.52. The Morgan fingerprint density at radius 3 is 2.24 bits per heavy atom. The number of aromatic nitrogens is 1. The number of H-pyrrole nitrogens is 1. The van der Waals surface area contributed by atoms with E-state index in [1.165, 1.54) is 6.92 Å². The summed E-state index contributed by atoms with van der Waals surface area (Å²) in [4.78, 5) is 38.7. The van der Waals surface area contributed by atoms with E-state index in [1.807, 2.05) is 0 Å². The van der Waals surface area contributed by atoms with Crippen LogP contribution < -0.4 is 4.74 Å². The average Bonchev–Trinajstić information content (AvgIpc) is 2.88. The third-order valence-electron chi connectivity index (χ3n) is 3.94. The number of carbonyl (C=O) groups is 3. The molecule has 0 radical (unpaired) electrons. The number of ketones is 2. The molecule has 0 saturated carbocycles. The lowest BCUT2D eigenvalue weighted by Gasteiger charge is -2.05. The van der Waals surface area contributed by atoms with Crippen molar-refractivity contribution < 1.29 is 23.9 Å². The van der Waals surface area contributed by atoms with Crippen LogP contribution in [-0.2, 0) is 16.0 Å². The molecule has 1 aromatic carbocycles. The van der Waals surface area contributed by atoms with Crippen molar-refractivity contribution in [1.29, 1.82) is 0 Å². The quantitative estimate of drug-likeness (QED) is 0.617. The highest BCUT2D eigenvalue weighted by molar-refractivity contribution is 6.04. The van der Waals surface area contributed by atoms with Gasteiger partial charge in [0.2, 0.25) is 5.78 Å². The van der Waals surface area contributed by atoms with Crippen molar-refractivity contribution in [3.8, 4) is 5.75 Å². The maximum atomic E-state index is 12.3. The SMILES string of the molecule is COc1ccc(CC(=O)OCC(=O)c2[nH]c(C)c(C(C)=O)c2C)cc1. The Hall–Kier alpha value is -2.89. The summed E-state index contributed by atoms with van der Waals surface area (Å²) in [5.41, 5.74) is 2.80. The predicted molar refractivity (Wildman–Crippen MR) is 92.3 cm³/mol. The molecule has 2 aromatic rings. The number of hydrogen-bond acceptors (Lipinski definition) is 5. The van der Waals surface area contributed by atoms with Gasteiger partial charge in [0, 0.05) is 11.3 Å². The van der Waals surface area contributed by atoms with Gasteiger partial charge in [0.25, 0.3) is 0 Å². The van der Waals surface area contributed by atoms with Gasteiger partial charge in [-0.25, -0.2) is 0 Å². The summed E-state index contributed by atoms with van der Waals surface area (Å²) in [6, 6.07) is 7.03. The van der Waals surface area contributed by atoms with E-state index in [-0.39, 0.29) is 24.6 Å². The van der Waals surface area contributed by atoms with Crippen LogP contribution in [-0.4, -0.2) is 36.2 Å². The molecule has 1 N–H and O–H groups in total. The van der Waals surface area contributed by atoms with Crippen LogP contribution >= 0.6 is 0 Å². The molecule has 0 aliphatic heterocycles. The monoisotopic (exact) mass is 343 g/mol. The van der Waals surface area contributed by atoms with Gasteiger partial charge in [0.05, 0.1) is 19.2 Å². The Balaban J connectivity index is 1.96. The Morgan fingerprint density at radius 1 is 1.08 bits per heavy atom. The van der Waals surface area contributed by atoms with Crippen LogP contribution in [0.1, 0.15) is 44.6 Å². The van der Waals surface area contributed by atoms with Gasteiger partial charge in [-0.15, -0.1) is 0 Å². The highest BCUT2D eigenvalue weighted by atomic mass is 16.5. The predicted octanol–water partition coefficient (Wildman–Crippen LogP) is 2.81. The van der Waals surface area contributed by atoms with E-state index in [0.717, 1.165) is 5.56 Å². The molecule has 0 amide bonds. The van der Waals surface area contributed by atoms with Gasteiger partial charge >= 0.3 is 5.97 Å². The van der Waals surface area contributed by atoms with E-state index < -0.39 is 5.97 Å². The van der Waals surface area contributed by atoms with Gasteiger partial charge in [0.1, 0.15) is 5.75 Å². The number of aromatic amines is 1. The molecule has 6 heteroatoms. The van der Waals surface area contributed by atoms with Gasteiger partial charge in [-0.2, -0.15) is 0 Å². The smallest absolute Gasteiger partial charge is 0.310 e. The minimum absolute atomic E-state index is 0.0682. The molecule has 0 saturated heterocycles. The van der Waals surface area contributed by atoms with Gasteiger partial charge < -0.3 is 14.5 Å². The van der Waals surface area contributed by atoms with Crippen molar-refractivity contribution in [3.63, 3.8) is 0 Å². The number of methoxy groups -OCH3 is 1. The summed E-state index contributed by atoms with van der Waals surface area (Å²) in [6.07, 6.45) is 0.0682. The van der Waals surface area contributed by atoms with Gasteiger partial charge in [-0.3, -0.25) is 14.4 Å². The van der Waals surface area contributed by atoms with Crippen LogP contribution in [0.2, 0.25) is 0 Å². The fourth-order valence-corrected chi connectivity index (χ4v) is 2.74. The fraction of sp³-hybridized carbons (Fsp3) is 0.316. The molecule has 25 heavy (non-hydrogen) atoms. The third-order valence-corrected chi connectivity index (χ3v) is 3.94. The minimum Gasteiger partial charge on any atom is -0.497 e. The van der Waals surface area contributed by atoms with Gasteiger partial charge in [-0.05, 0) is 44.0 Å². The third kappa shape index (κ3) is 4.35. The molecule has 0 aliphatic carbocycles. The van der Waals surface area contributed by atoms with Crippen molar-refractivity contribution in [2.75, 3.05) is 13.7 Å². The molecular formula is C19H21NO5. The zero-order valence-electron chi connectivity index (χ0n) is 14.8. The first-order chi connectivity index (χ1) is 11.8. The summed E-state index contributed by atoms with van der Waals surface area (Å²) in [7, 11) is 1.57. The highest BCUT2D eigenvalue weighted by Gasteiger charge is 2.20. The number of Topliss-reactive ketones (excluding diaryl/α,β-unsaturated/α-hetero) is 2. The second-order valence-electron chi connectivity index (χ2n) is 5.79. The standard InChI is InChI=1S/C19H21NO5/c1-11-18(13(3)21)12(2)20-19(11)16(22)10-25-17(23)9-14-5-7-15(24-4)8-6-14/h5-8,20H,9-10H2,1-4H3. The lowest BCUT2D eigenvalue weighted by molar-refractivity contribution is -0.141. The van der Waals surface area contributed by atoms with Crippen molar-refractivity contribution in [2.45, 2.75) is 27.2 Å². The molecule has 1 heterocycles. The Morgan fingerprint density at radius 2 is 1.72 bits per heavy atom. The zero-order valence-corrected chi connectivity index (χ0v) is 14.8.